The van der Waals surface area contributed by atoms with Crippen LogP contribution in [-0.2, 0) is 6.54 Å². The van der Waals surface area contributed by atoms with Crippen molar-refractivity contribution in [2.45, 2.75) is 6.54 Å². The van der Waals surface area contributed by atoms with Crippen LogP contribution in [0.15, 0.2) is 47.5 Å². The summed E-state index contributed by atoms with van der Waals surface area (Å²) in [5.41, 5.74) is 7.28. The van der Waals surface area contributed by atoms with E-state index in [4.69, 9.17) is 15.2 Å². The van der Waals surface area contributed by atoms with Gasteiger partial charge in [0.05, 0.1) is 20.8 Å². The van der Waals surface area contributed by atoms with E-state index in [-0.39, 0.29) is 18.3 Å². The molecular formula is C16H19N3O3. The monoisotopic (exact) mass is 301 g/mol. The second-order valence-electron chi connectivity index (χ2n) is 4.52. The van der Waals surface area contributed by atoms with Crippen LogP contribution in [0.3, 0.4) is 0 Å². The van der Waals surface area contributed by atoms with Gasteiger partial charge in [-0.05, 0) is 30.3 Å². The minimum absolute atomic E-state index is 0.0750. The molecule has 0 bridgehead atoms. The molecule has 22 heavy (non-hydrogen) atoms. The summed E-state index contributed by atoms with van der Waals surface area (Å²) in [6.45, 7) is 0.248. The second kappa shape index (κ2) is 7.21. The molecule has 2 rings (SSSR count). The molecule has 0 fully saturated rings. The summed E-state index contributed by atoms with van der Waals surface area (Å²) in [6, 6.07) is 12.6. The van der Waals surface area contributed by atoms with Crippen molar-refractivity contribution >= 4 is 11.6 Å². The molecule has 116 valence electrons. The van der Waals surface area contributed by atoms with Crippen LogP contribution in [0, 0.1) is 0 Å². The molecule has 0 amide bonds. The normalized spacial score (nSPS) is 11.1. The first-order valence-corrected chi connectivity index (χ1v) is 6.70. The Kier molecular flexibility index (Phi) is 5.08. The number of guanidine groups is 1. The molecule has 0 spiro atoms. The standard InChI is InChI=1S/C16H19N3O3/c1-21-13-8-6-12(7-9-13)19-16(17)18-10-11-4-3-5-14(22-2)15(11)20/h3-9,20H,10H2,1-2H3,(H3,17,18,19). The van der Waals surface area contributed by atoms with E-state index < -0.39 is 0 Å². The number of nitrogens with zero attached hydrogens (tertiary/aromatic N) is 1. The number of phenols is 1. The van der Waals surface area contributed by atoms with Gasteiger partial charge in [-0.1, -0.05) is 12.1 Å². The van der Waals surface area contributed by atoms with Crippen molar-refractivity contribution in [2.75, 3.05) is 19.5 Å². The zero-order chi connectivity index (χ0) is 15.9. The van der Waals surface area contributed by atoms with Crippen molar-refractivity contribution in [2.24, 2.45) is 10.7 Å². The number of rotatable bonds is 5. The number of aromatic hydroxyl groups is 1. The Hall–Kier alpha value is -2.89. The Morgan fingerprint density at radius 1 is 1.14 bits per heavy atom. The molecule has 0 aromatic heterocycles. The van der Waals surface area contributed by atoms with Crippen LogP contribution in [0.5, 0.6) is 17.2 Å². The molecule has 2 aromatic rings. The highest BCUT2D eigenvalue weighted by Crippen LogP contribution is 2.29. The first-order valence-electron chi connectivity index (χ1n) is 6.70. The first-order chi connectivity index (χ1) is 10.6. The van der Waals surface area contributed by atoms with Crippen molar-refractivity contribution in [1.29, 1.82) is 0 Å². The maximum atomic E-state index is 9.98. The van der Waals surface area contributed by atoms with E-state index in [2.05, 4.69) is 10.3 Å². The molecule has 0 unspecified atom stereocenters. The maximum absolute atomic E-state index is 9.98. The third kappa shape index (κ3) is 3.82. The molecule has 6 heteroatoms. The molecule has 0 atom stereocenters. The smallest absolute Gasteiger partial charge is 0.193 e. The molecule has 2 aromatic carbocycles. The molecule has 0 saturated carbocycles. The average molecular weight is 301 g/mol. The van der Waals surface area contributed by atoms with Gasteiger partial charge in [0.2, 0.25) is 0 Å². The van der Waals surface area contributed by atoms with Crippen molar-refractivity contribution in [3.8, 4) is 17.2 Å². The molecule has 4 N–H and O–H groups in total. The number of ether oxygens (including phenoxy) is 2. The Labute approximate surface area is 129 Å². The summed E-state index contributed by atoms with van der Waals surface area (Å²) >= 11 is 0. The van der Waals surface area contributed by atoms with Gasteiger partial charge in [-0.15, -0.1) is 0 Å². The number of aliphatic imine (C=N–C) groups is 1. The lowest BCUT2D eigenvalue weighted by Crippen LogP contribution is -2.22. The number of anilines is 1. The van der Waals surface area contributed by atoms with Gasteiger partial charge in [0.15, 0.2) is 17.5 Å². The maximum Gasteiger partial charge on any atom is 0.193 e. The molecule has 0 aliphatic rings. The number of methoxy groups -OCH3 is 2. The molecule has 0 aliphatic heterocycles. The number of benzene rings is 2. The van der Waals surface area contributed by atoms with Gasteiger partial charge < -0.3 is 25.6 Å². The fourth-order valence-electron chi connectivity index (χ4n) is 1.89. The van der Waals surface area contributed by atoms with Crippen molar-refractivity contribution in [3.63, 3.8) is 0 Å². The Morgan fingerprint density at radius 3 is 2.50 bits per heavy atom. The van der Waals surface area contributed by atoms with E-state index in [0.29, 0.717) is 11.3 Å². The zero-order valence-electron chi connectivity index (χ0n) is 12.5. The summed E-state index contributed by atoms with van der Waals surface area (Å²) in [5, 5.41) is 13.0. The van der Waals surface area contributed by atoms with Gasteiger partial charge in [0.1, 0.15) is 5.75 Å². The molecule has 6 nitrogen and oxygen atoms in total. The summed E-state index contributed by atoms with van der Waals surface area (Å²) in [5.74, 6) is 1.51. The largest absolute Gasteiger partial charge is 0.504 e. The lowest BCUT2D eigenvalue weighted by Gasteiger charge is -2.08. The van der Waals surface area contributed by atoms with Crippen LogP contribution in [0.1, 0.15) is 5.56 Å². The topological polar surface area (TPSA) is 89.1 Å². The van der Waals surface area contributed by atoms with Crippen LogP contribution in [-0.4, -0.2) is 25.3 Å². The third-order valence-electron chi connectivity index (χ3n) is 3.08. The number of para-hydroxylation sites is 1. The van der Waals surface area contributed by atoms with Crippen molar-refractivity contribution in [3.05, 3.63) is 48.0 Å². The summed E-state index contributed by atoms with van der Waals surface area (Å²) in [4.78, 5) is 4.21. The van der Waals surface area contributed by atoms with Crippen LogP contribution < -0.4 is 20.5 Å². The number of nitrogens with one attached hydrogen (secondary N) is 1. The predicted molar refractivity (Wildman–Crippen MR) is 86.6 cm³/mol. The highest BCUT2D eigenvalue weighted by Gasteiger charge is 2.06. The van der Waals surface area contributed by atoms with Crippen LogP contribution in [0.2, 0.25) is 0 Å². The van der Waals surface area contributed by atoms with Crippen molar-refractivity contribution < 1.29 is 14.6 Å². The summed E-state index contributed by atoms with van der Waals surface area (Å²) in [7, 11) is 3.11. The highest BCUT2D eigenvalue weighted by atomic mass is 16.5. The zero-order valence-corrected chi connectivity index (χ0v) is 12.5. The molecule has 0 saturated heterocycles. The fourth-order valence-corrected chi connectivity index (χ4v) is 1.89. The Morgan fingerprint density at radius 2 is 1.86 bits per heavy atom. The quantitative estimate of drug-likeness (QED) is 0.582. The number of nitrogens with two attached hydrogens (primary N) is 1. The van der Waals surface area contributed by atoms with E-state index in [9.17, 15) is 5.11 Å². The van der Waals surface area contributed by atoms with E-state index in [1.807, 2.05) is 24.3 Å². The number of hydrogen-bond acceptors (Lipinski definition) is 4. The van der Waals surface area contributed by atoms with Crippen LogP contribution in [0.25, 0.3) is 0 Å². The molecule has 0 radical (unpaired) electrons. The highest BCUT2D eigenvalue weighted by molar-refractivity contribution is 5.92. The molecular weight excluding hydrogens is 282 g/mol. The van der Waals surface area contributed by atoms with Gasteiger partial charge >= 0.3 is 0 Å². The molecule has 0 heterocycles. The Bertz CT molecular complexity index is 654. The fraction of sp³-hybridized carbons (Fsp3) is 0.188. The second-order valence-corrected chi connectivity index (χ2v) is 4.52. The van der Waals surface area contributed by atoms with Gasteiger partial charge in [-0.2, -0.15) is 0 Å². The minimum atomic E-state index is 0.0750. The number of phenolic OH excluding ortho intramolecular Hbond substituents is 1. The van der Waals surface area contributed by atoms with Gasteiger partial charge in [0, 0.05) is 11.3 Å². The lowest BCUT2D eigenvalue weighted by atomic mass is 10.2. The van der Waals surface area contributed by atoms with E-state index in [1.165, 1.54) is 7.11 Å². The van der Waals surface area contributed by atoms with E-state index in [0.717, 1.165) is 11.4 Å². The van der Waals surface area contributed by atoms with Crippen LogP contribution >= 0.6 is 0 Å². The average Bonchev–Trinajstić information content (AvgIpc) is 2.54. The van der Waals surface area contributed by atoms with Gasteiger partial charge in [-0.3, -0.25) is 0 Å². The molecule has 0 aliphatic carbocycles. The minimum Gasteiger partial charge on any atom is -0.504 e. The third-order valence-corrected chi connectivity index (χ3v) is 3.08. The summed E-state index contributed by atoms with van der Waals surface area (Å²) in [6.07, 6.45) is 0. The Balaban J connectivity index is 2.03. The SMILES string of the molecule is COc1ccc(NC(N)=NCc2cccc(OC)c2O)cc1. The first kappa shape index (κ1) is 15.5. The van der Waals surface area contributed by atoms with E-state index >= 15 is 0 Å². The van der Waals surface area contributed by atoms with Gasteiger partial charge in [-0.25, -0.2) is 4.99 Å². The number of hydrogen-bond donors (Lipinski definition) is 3. The lowest BCUT2D eigenvalue weighted by molar-refractivity contribution is 0.370. The van der Waals surface area contributed by atoms with Crippen molar-refractivity contribution in [1.82, 2.24) is 0 Å². The predicted octanol–water partition coefficient (Wildman–Crippen LogP) is 2.34. The van der Waals surface area contributed by atoms with Gasteiger partial charge in [0.25, 0.3) is 0 Å². The van der Waals surface area contributed by atoms with E-state index in [1.54, 1.807) is 25.3 Å². The van der Waals surface area contributed by atoms with Crippen LogP contribution in [0.4, 0.5) is 5.69 Å². The summed E-state index contributed by atoms with van der Waals surface area (Å²) < 4.78 is 10.1.